The maximum absolute atomic E-state index is 13.3. The van der Waals surface area contributed by atoms with Crippen LogP contribution < -0.4 is 9.80 Å². The Balaban J connectivity index is 1.59. The normalized spacial score (nSPS) is 30.6. The van der Waals surface area contributed by atoms with Gasteiger partial charge >= 0.3 is 12.1 Å². The Hall–Kier alpha value is -2.06. The largest absolute Gasteiger partial charge is 0.481 e. The minimum atomic E-state index is -4.52. The first-order valence-electron chi connectivity index (χ1n) is 8.92. The summed E-state index contributed by atoms with van der Waals surface area (Å²) < 4.78 is 39.9. The molecule has 1 aromatic heterocycles. The zero-order valence-electron chi connectivity index (χ0n) is 14.4. The highest BCUT2D eigenvalue weighted by Crippen LogP contribution is 2.48. The molecule has 4 fully saturated rings. The summed E-state index contributed by atoms with van der Waals surface area (Å²) in [6.45, 7) is 3.71. The van der Waals surface area contributed by atoms with E-state index < -0.39 is 17.8 Å². The van der Waals surface area contributed by atoms with Gasteiger partial charge in [-0.05, 0) is 37.5 Å². The number of hydrogen-bond acceptors (Lipinski definition) is 5. The highest BCUT2D eigenvalue weighted by atomic mass is 19.4. The van der Waals surface area contributed by atoms with Crippen LogP contribution in [0.3, 0.4) is 0 Å². The number of halogens is 3. The van der Waals surface area contributed by atoms with E-state index >= 15 is 0 Å². The quantitative estimate of drug-likeness (QED) is 0.879. The van der Waals surface area contributed by atoms with E-state index in [-0.39, 0.29) is 36.2 Å². The van der Waals surface area contributed by atoms with Crippen molar-refractivity contribution in [2.45, 2.75) is 38.4 Å². The van der Waals surface area contributed by atoms with Crippen molar-refractivity contribution in [3.8, 4) is 0 Å². The zero-order valence-corrected chi connectivity index (χ0v) is 14.4. The molecule has 1 aliphatic carbocycles. The van der Waals surface area contributed by atoms with Crippen LogP contribution in [-0.2, 0) is 11.0 Å². The van der Waals surface area contributed by atoms with E-state index in [0.29, 0.717) is 25.5 Å². The van der Waals surface area contributed by atoms with Crippen LogP contribution in [0, 0.1) is 17.8 Å². The third-order valence-corrected chi connectivity index (χ3v) is 6.03. The number of rotatable bonds is 4. The van der Waals surface area contributed by atoms with Crippen LogP contribution in [0.2, 0.25) is 0 Å². The second kappa shape index (κ2) is 5.99. The first-order valence-corrected chi connectivity index (χ1v) is 8.92. The number of nitrogens with zero attached hydrogens (tertiary/aromatic N) is 4. The fourth-order valence-corrected chi connectivity index (χ4v) is 4.38. The molecule has 3 aliphatic heterocycles. The van der Waals surface area contributed by atoms with Gasteiger partial charge in [-0.3, -0.25) is 4.79 Å². The van der Waals surface area contributed by atoms with E-state index in [2.05, 4.69) is 9.97 Å². The molecule has 2 bridgehead atoms. The molecular formula is C17H21F3N4O2. The van der Waals surface area contributed by atoms with Gasteiger partial charge in [0.05, 0.1) is 0 Å². The number of piperidine rings is 2. The number of carbonyl (C=O) groups is 1. The van der Waals surface area contributed by atoms with Crippen molar-refractivity contribution >= 4 is 17.7 Å². The van der Waals surface area contributed by atoms with Crippen LogP contribution in [0.15, 0.2) is 6.07 Å². The van der Waals surface area contributed by atoms with Gasteiger partial charge in [0.15, 0.2) is 5.69 Å². The molecule has 0 aromatic carbocycles. The Labute approximate surface area is 149 Å². The Morgan fingerprint density at radius 3 is 2.50 bits per heavy atom. The molecule has 0 spiro atoms. The van der Waals surface area contributed by atoms with Gasteiger partial charge in [-0.1, -0.05) is 0 Å². The van der Waals surface area contributed by atoms with Gasteiger partial charge in [-0.25, -0.2) is 4.98 Å². The summed E-state index contributed by atoms with van der Waals surface area (Å²) in [4.78, 5) is 22.8. The Kier molecular flexibility index (Phi) is 4.00. The molecule has 1 saturated carbocycles. The summed E-state index contributed by atoms with van der Waals surface area (Å²) in [6, 6.07) is 1.16. The number of fused-ring (bicyclic) bond motifs is 2. The number of alkyl halides is 3. The van der Waals surface area contributed by atoms with Gasteiger partial charge in [0, 0.05) is 38.2 Å². The lowest BCUT2D eigenvalue weighted by atomic mass is 9.60. The number of aromatic nitrogens is 2. The molecular weight excluding hydrogens is 349 g/mol. The maximum atomic E-state index is 13.3. The van der Waals surface area contributed by atoms with Crippen LogP contribution in [0.25, 0.3) is 0 Å². The molecule has 26 heavy (non-hydrogen) atoms. The highest BCUT2D eigenvalue weighted by molar-refractivity contribution is 5.67. The molecule has 6 nitrogen and oxygen atoms in total. The lowest BCUT2D eigenvalue weighted by Crippen LogP contribution is -2.56. The Morgan fingerprint density at radius 2 is 2.00 bits per heavy atom. The van der Waals surface area contributed by atoms with Gasteiger partial charge < -0.3 is 14.9 Å². The van der Waals surface area contributed by atoms with Crippen LogP contribution in [0.4, 0.5) is 24.9 Å². The van der Waals surface area contributed by atoms with Crippen molar-refractivity contribution < 1.29 is 23.1 Å². The molecule has 0 amide bonds. The number of aliphatic carboxylic acids is 1. The molecule has 142 valence electrons. The zero-order chi connectivity index (χ0) is 18.6. The first-order chi connectivity index (χ1) is 12.2. The van der Waals surface area contributed by atoms with E-state index in [0.717, 1.165) is 18.9 Å². The van der Waals surface area contributed by atoms with Crippen molar-refractivity contribution in [1.82, 2.24) is 9.97 Å². The lowest BCUT2D eigenvalue weighted by Gasteiger charge is -2.53. The monoisotopic (exact) mass is 370 g/mol. The van der Waals surface area contributed by atoms with E-state index in [1.807, 2.05) is 11.8 Å². The van der Waals surface area contributed by atoms with Crippen molar-refractivity contribution in [2.75, 3.05) is 29.4 Å². The van der Waals surface area contributed by atoms with Gasteiger partial charge in [0.2, 0.25) is 5.95 Å². The lowest BCUT2D eigenvalue weighted by molar-refractivity contribution is -0.142. The summed E-state index contributed by atoms with van der Waals surface area (Å²) >= 11 is 0. The number of anilines is 2. The van der Waals surface area contributed by atoms with E-state index in [9.17, 15) is 18.0 Å². The van der Waals surface area contributed by atoms with E-state index in [1.165, 1.54) is 0 Å². The van der Waals surface area contributed by atoms with Gasteiger partial charge in [0.1, 0.15) is 5.82 Å². The Bertz CT molecular complexity index is 714. The third kappa shape index (κ3) is 2.97. The molecule has 1 aromatic rings. The smallest absolute Gasteiger partial charge is 0.433 e. The average molecular weight is 370 g/mol. The number of carboxylic acids is 1. The van der Waals surface area contributed by atoms with Gasteiger partial charge in [-0.15, -0.1) is 0 Å². The standard InChI is InChI=1S/C17H21F3N4O2/c1-9-2-3-24(9)16-21-13(17(18,19)20)6-14(22-16)23-7-10-4-11(8-23)12(10)5-15(25)26/h6,9-12H,2-5,7-8H2,1H3,(H,25,26)/t9-,10-,11+,12-/m0/s1. The summed E-state index contributed by atoms with van der Waals surface area (Å²) in [5.41, 5.74) is -0.919. The first kappa shape index (κ1) is 17.4. The maximum Gasteiger partial charge on any atom is 0.433 e. The molecule has 0 unspecified atom stereocenters. The summed E-state index contributed by atoms with van der Waals surface area (Å²) in [6.07, 6.45) is -2.52. The van der Waals surface area contributed by atoms with Gasteiger partial charge in [-0.2, -0.15) is 18.2 Å². The summed E-state index contributed by atoms with van der Waals surface area (Å²) in [5, 5.41) is 9.00. The molecule has 4 heterocycles. The summed E-state index contributed by atoms with van der Waals surface area (Å²) in [7, 11) is 0. The molecule has 0 radical (unpaired) electrons. The Morgan fingerprint density at radius 1 is 1.31 bits per heavy atom. The molecule has 3 saturated heterocycles. The molecule has 1 N–H and O–H groups in total. The molecule has 5 rings (SSSR count). The van der Waals surface area contributed by atoms with Crippen LogP contribution in [-0.4, -0.2) is 46.7 Å². The van der Waals surface area contributed by atoms with Crippen molar-refractivity contribution in [3.05, 3.63) is 11.8 Å². The SMILES string of the molecule is C[C@H]1CCN1c1nc(N2C[C@H]3C[C@@H](C2)[C@@H]3CC(=O)O)cc(C(F)(F)F)n1. The fourth-order valence-electron chi connectivity index (χ4n) is 4.38. The minimum Gasteiger partial charge on any atom is -0.481 e. The van der Waals surface area contributed by atoms with Crippen LogP contribution >= 0.6 is 0 Å². The fraction of sp³-hybridized carbons (Fsp3) is 0.706. The molecule has 4 atom stereocenters. The summed E-state index contributed by atoms with van der Waals surface area (Å²) in [5.74, 6) is 0.164. The second-order valence-electron chi connectivity index (χ2n) is 7.66. The predicted octanol–water partition coefficient (Wildman–Crippen LogP) is 2.64. The van der Waals surface area contributed by atoms with E-state index in [4.69, 9.17) is 5.11 Å². The van der Waals surface area contributed by atoms with Crippen LogP contribution in [0.1, 0.15) is 31.9 Å². The van der Waals surface area contributed by atoms with Crippen molar-refractivity contribution in [3.63, 3.8) is 0 Å². The predicted molar refractivity (Wildman–Crippen MR) is 88.0 cm³/mol. The number of hydrogen-bond donors (Lipinski definition) is 1. The van der Waals surface area contributed by atoms with Crippen molar-refractivity contribution in [1.29, 1.82) is 0 Å². The third-order valence-electron chi connectivity index (χ3n) is 6.03. The van der Waals surface area contributed by atoms with E-state index in [1.54, 1.807) is 4.90 Å². The molecule has 4 aliphatic rings. The van der Waals surface area contributed by atoms with Crippen molar-refractivity contribution in [2.24, 2.45) is 17.8 Å². The minimum absolute atomic E-state index is 0.127. The highest BCUT2D eigenvalue weighted by Gasteiger charge is 2.48. The average Bonchev–Trinajstić information content (AvgIpc) is 2.57. The number of carboxylic acid groups (broad SMARTS) is 1. The second-order valence-corrected chi connectivity index (χ2v) is 7.66. The topological polar surface area (TPSA) is 69.6 Å². The molecule has 9 heteroatoms. The van der Waals surface area contributed by atoms with Gasteiger partial charge in [0.25, 0.3) is 0 Å². The van der Waals surface area contributed by atoms with Crippen LogP contribution in [0.5, 0.6) is 0 Å².